The molecule has 1 aromatic heterocycles. The monoisotopic (exact) mass is 333 g/mol. The van der Waals surface area contributed by atoms with Crippen LogP contribution in [0.25, 0.3) is 0 Å². The lowest BCUT2D eigenvalue weighted by Crippen LogP contribution is -2.47. The number of β-amino-alcohol motifs (C(OH)–C–C–N with tert-alkyl or cyclic N) is 1. The predicted molar refractivity (Wildman–Crippen MR) is 89.1 cm³/mol. The third-order valence-electron chi connectivity index (χ3n) is 4.59. The molecule has 0 amide bonds. The molecular weight excluding hydrogens is 309 g/mol. The average molecular weight is 333 g/mol. The van der Waals surface area contributed by atoms with Crippen molar-refractivity contribution in [2.45, 2.75) is 26.5 Å². The smallest absolute Gasteiger partial charge is 0.208 e. The number of benzene rings is 1. The summed E-state index contributed by atoms with van der Waals surface area (Å²) in [6, 6.07) is 6.41. The summed E-state index contributed by atoms with van der Waals surface area (Å²) in [6.45, 7) is 8.46. The van der Waals surface area contributed by atoms with Gasteiger partial charge in [-0.1, -0.05) is 18.2 Å². The maximum absolute atomic E-state index is 13.7. The Kier molecular flexibility index (Phi) is 5.28. The van der Waals surface area contributed by atoms with Crippen molar-refractivity contribution in [1.29, 1.82) is 0 Å². The Labute approximate surface area is 141 Å². The van der Waals surface area contributed by atoms with Crippen LogP contribution in [0.5, 0.6) is 0 Å². The molecule has 6 heteroatoms. The van der Waals surface area contributed by atoms with E-state index in [-0.39, 0.29) is 5.82 Å². The van der Waals surface area contributed by atoms with Crippen LogP contribution in [0, 0.1) is 19.7 Å². The van der Waals surface area contributed by atoms with Gasteiger partial charge in [0.2, 0.25) is 5.89 Å². The Morgan fingerprint density at radius 1 is 1.17 bits per heavy atom. The van der Waals surface area contributed by atoms with E-state index in [4.69, 9.17) is 4.42 Å². The lowest BCUT2D eigenvalue weighted by Gasteiger charge is -2.35. The molecule has 0 saturated carbocycles. The van der Waals surface area contributed by atoms with E-state index < -0.39 is 6.10 Å². The van der Waals surface area contributed by atoms with Crippen LogP contribution in [0.3, 0.4) is 0 Å². The summed E-state index contributed by atoms with van der Waals surface area (Å²) < 4.78 is 19.4. The maximum atomic E-state index is 13.7. The van der Waals surface area contributed by atoms with Crippen molar-refractivity contribution in [2.75, 3.05) is 32.7 Å². The normalized spacial score (nSPS) is 18.0. The zero-order valence-corrected chi connectivity index (χ0v) is 14.2. The number of rotatable bonds is 5. The van der Waals surface area contributed by atoms with Gasteiger partial charge in [0.05, 0.1) is 18.3 Å². The van der Waals surface area contributed by atoms with E-state index >= 15 is 0 Å². The van der Waals surface area contributed by atoms with Gasteiger partial charge in [-0.05, 0) is 19.9 Å². The van der Waals surface area contributed by atoms with E-state index in [1.165, 1.54) is 6.07 Å². The lowest BCUT2D eigenvalue weighted by atomic mass is 10.1. The Morgan fingerprint density at radius 3 is 2.46 bits per heavy atom. The van der Waals surface area contributed by atoms with Crippen molar-refractivity contribution in [1.82, 2.24) is 14.8 Å². The van der Waals surface area contributed by atoms with Crippen LogP contribution in [-0.2, 0) is 6.54 Å². The molecule has 24 heavy (non-hydrogen) atoms. The van der Waals surface area contributed by atoms with Crippen LogP contribution in [-0.4, -0.2) is 52.6 Å². The Morgan fingerprint density at radius 2 is 1.83 bits per heavy atom. The van der Waals surface area contributed by atoms with Gasteiger partial charge in [-0.2, -0.15) is 0 Å². The highest BCUT2D eigenvalue weighted by Gasteiger charge is 2.22. The van der Waals surface area contributed by atoms with E-state index in [1.54, 1.807) is 18.2 Å². The number of oxazole rings is 1. The summed E-state index contributed by atoms with van der Waals surface area (Å²) in [6.07, 6.45) is -0.796. The van der Waals surface area contributed by atoms with Crippen LogP contribution in [0.4, 0.5) is 4.39 Å². The Bertz CT molecular complexity index is 661. The van der Waals surface area contributed by atoms with E-state index in [1.807, 2.05) is 13.8 Å². The van der Waals surface area contributed by atoms with Crippen LogP contribution in [0.1, 0.15) is 29.0 Å². The van der Waals surface area contributed by atoms with Crippen molar-refractivity contribution in [2.24, 2.45) is 0 Å². The summed E-state index contributed by atoms with van der Waals surface area (Å²) in [4.78, 5) is 8.87. The summed E-state index contributed by atoms with van der Waals surface area (Å²) in [5, 5.41) is 10.3. The summed E-state index contributed by atoms with van der Waals surface area (Å²) in [5.41, 5.74) is 1.31. The molecule has 1 N–H and O–H groups in total. The highest BCUT2D eigenvalue weighted by molar-refractivity contribution is 5.20. The second-order valence-electron chi connectivity index (χ2n) is 6.36. The van der Waals surface area contributed by atoms with Crippen LogP contribution >= 0.6 is 0 Å². The Hall–Kier alpha value is -1.76. The van der Waals surface area contributed by atoms with Gasteiger partial charge in [-0.3, -0.25) is 9.80 Å². The topological polar surface area (TPSA) is 52.7 Å². The highest BCUT2D eigenvalue weighted by atomic mass is 19.1. The highest BCUT2D eigenvalue weighted by Crippen LogP contribution is 2.19. The van der Waals surface area contributed by atoms with Crippen molar-refractivity contribution >= 4 is 0 Å². The number of piperazine rings is 1. The molecule has 130 valence electrons. The van der Waals surface area contributed by atoms with Gasteiger partial charge in [0.1, 0.15) is 11.6 Å². The van der Waals surface area contributed by atoms with E-state index in [9.17, 15) is 9.50 Å². The molecule has 1 unspecified atom stereocenters. The van der Waals surface area contributed by atoms with Gasteiger partial charge in [0, 0.05) is 38.3 Å². The zero-order chi connectivity index (χ0) is 17.1. The molecule has 1 aliphatic rings. The number of hydrogen-bond donors (Lipinski definition) is 1. The lowest BCUT2D eigenvalue weighted by molar-refractivity contribution is 0.0655. The minimum atomic E-state index is -0.796. The average Bonchev–Trinajstić information content (AvgIpc) is 2.87. The first-order valence-corrected chi connectivity index (χ1v) is 8.33. The van der Waals surface area contributed by atoms with E-state index in [2.05, 4.69) is 14.8 Å². The first-order valence-electron chi connectivity index (χ1n) is 8.33. The first kappa shape index (κ1) is 17.1. The number of hydrogen-bond acceptors (Lipinski definition) is 5. The number of nitrogens with zero attached hydrogens (tertiary/aromatic N) is 3. The molecule has 3 rings (SSSR count). The van der Waals surface area contributed by atoms with E-state index in [0.717, 1.165) is 43.5 Å². The molecule has 5 nitrogen and oxygen atoms in total. The molecule has 1 saturated heterocycles. The standard InChI is InChI=1S/C18H24FN3O2/c1-13-14(2)24-18(20-13)12-22-9-7-21(8-10-22)11-17(23)15-5-3-4-6-16(15)19/h3-6,17,23H,7-12H2,1-2H3. The van der Waals surface area contributed by atoms with Crippen LogP contribution in [0.15, 0.2) is 28.7 Å². The third kappa shape index (κ3) is 4.01. The molecule has 1 aliphatic heterocycles. The fraction of sp³-hybridized carbons (Fsp3) is 0.500. The molecule has 0 spiro atoms. The van der Waals surface area contributed by atoms with Crippen molar-refractivity contribution in [3.8, 4) is 0 Å². The molecule has 0 aliphatic carbocycles. The number of aliphatic hydroxyl groups is 1. The molecular formula is C18H24FN3O2. The SMILES string of the molecule is Cc1nc(CN2CCN(CC(O)c3ccccc3F)CC2)oc1C. The van der Waals surface area contributed by atoms with Crippen molar-refractivity contribution < 1.29 is 13.9 Å². The summed E-state index contributed by atoms with van der Waals surface area (Å²) in [5.74, 6) is 1.28. The second kappa shape index (κ2) is 7.42. The summed E-state index contributed by atoms with van der Waals surface area (Å²) >= 11 is 0. The van der Waals surface area contributed by atoms with Gasteiger partial charge < -0.3 is 9.52 Å². The molecule has 1 atom stereocenters. The maximum Gasteiger partial charge on any atom is 0.208 e. The first-order chi connectivity index (χ1) is 11.5. The van der Waals surface area contributed by atoms with Gasteiger partial charge in [0.25, 0.3) is 0 Å². The van der Waals surface area contributed by atoms with Gasteiger partial charge in [0.15, 0.2) is 0 Å². The minimum Gasteiger partial charge on any atom is -0.444 e. The number of halogens is 1. The number of aromatic nitrogens is 1. The fourth-order valence-corrected chi connectivity index (χ4v) is 3.02. The van der Waals surface area contributed by atoms with Crippen LogP contribution < -0.4 is 0 Å². The number of aryl methyl sites for hydroxylation is 2. The second-order valence-corrected chi connectivity index (χ2v) is 6.36. The largest absolute Gasteiger partial charge is 0.444 e. The molecule has 2 aromatic rings. The van der Waals surface area contributed by atoms with Crippen molar-refractivity contribution in [3.63, 3.8) is 0 Å². The third-order valence-corrected chi connectivity index (χ3v) is 4.59. The predicted octanol–water partition coefficient (Wildman–Crippen LogP) is 2.28. The fourth-order valence-electron chi connectivity index (χ4n) is 3.02. The summed E-state index contributed by atoms with van der Waals surface area (Å²) in [7, 11) is 0. The van der Waals surface area contributed by atoms with Gasteiger partial charge >= 0.3 is 0 Å². The molecule has 1 fully saturated rings. The molecule has 1 aromatic carbocycles. The van der Waals surface area contributed by atoms with Gasteiger partial charge in [-0.15, -0.1) is 0 Å². The zero-order valence-electron chi connectivity index (χ0n) is 14.2. The van der Waals surface area contributed by atoms with Gasteiger partial charge in [-0.25, -0.2) is 9.37 Å². The van der Waals surface area contributed by atoms with Crippen LogP contribution in [0.2, 0.25) is 0 Å². The molecule has 0 bridgehead atoms. The number of aliphatic hydroxyl groups excluding tert-OH is 1. The molecule has 2 heterocycles. The van der Waals surface area contributed by atoms with E-state index in [0.29, 0.717) is 18.7 Å². The minimum absolute atomic E-state index is 0.349. The molecule has 0 radical (unpaired) electrons. The Balaban J connectivity index is 1.49. The quantitative estimate of drug-likeness (QED) is 0.910. The van der Waals surface area contributed by atoms with Crippen molar-refractivity contribution in [3.05, 3.63) is 53.0 Å².